The van der Waals surface area contributed by atoms with Gasteiger partial charge in [0.2, 0.25) is 0 Å². The third kappa shape index (κ3) is 2.35. The Morgan fingerprint density at radius 1 is 0.867 bits per heavy atom. The molecule has 2 aliphatic heterocycles. The van der Waals surface area contributed by atoms with Gasteiger partial charge < -0.3 is 14.8 Å². The minimum absolute atomic E-state index is 0.521. The van der Waals surface area contributed by atoms with Crippen LogP contribution >= 0.6 is 0 Å². The molecular weight excluding hydrogens is 190 g/mol. The van der Waals surface area contributed by atoms with Crippen LogP contribution < -0.4 is 5.32 Å². The van der Waals surface area contributed by atoms with E-state index in [4.69, 9.17) is 9.47 Å². The molecule has 0 aromatic carbocycles. The van der Waals surface area contributed by atoms with Gasteiger partial charge in [0.25, 0.3) is 0 Å². The molecule has 15 heavy (non-hydrogen) atoms. The van der Waals surface area contributed by atoms with Crippen molar-refractivity contribution in [3.05, 3.63) is 0 Å². The van der Waals surface area contributed by atoms with E-state index in [0.717, 1.165) is 25.7 Å². The SMILES string of the molecule is C1CC(NC2CCOC2C2CC2)CCO1. The van der Waals surface area contributed by atoms with Gasteiger partial charge in [-0.15, -0.1) is 0 Å². The van der Waals surface area contributed by atoms with E-state index in [2.05, 4.69) is 5.32 Å². The second kappa shape index (κ2) is 4.40. The molecular formula is C12H21NO2. The molecule has 2 atom stereocenters. The van der Waals surface area contributed by atoms with Gasteiger partial charge in [0.1, 0.15) is 0 Å². The molecule has 0 aromatic rings. The van der Waals surface area contributed by atoms with Gasteiger partial charge in [-0.2, -0.15) is 0 Å². The van der Waals surface area contributed by atoms with E-state index in [0.29, 0.717) is 18.2 Å². The summed E-state index contributed by atoms with van der Waals surface area (Å²) < 4.78 is 11.2. The van der Waals surface area contributed by atoms with Gasteiger partial charge >= 0.3 is 0 Å². The van der Waals surface area contributed by atoms with E-state index >= 15 is 0 Å². The molecule has 1 saturated carbocycles. The van der Waals surface area contributed by atoms with Gasteiger partial charge in [-0.05, 0) is 38.0 Å². The molecule has 0 aromatic heterocycles. The highest BCUT2D eigenvalue weighted by Gasteiger charge is 2.41. The number of nitrogens with one attached hydrogen (secondary N) is 1. The van der Waals surface area contributed by atoms with Crippen LogP contribution in [0.1, 0.15) is 32.1 Å². The van der Waals surface area contributed by atoms with Crippen LogP contribution in [0.25, 0.3) is 0 Å². The zero-order chi connectivity index (χ0) is 10.1. The van der Waals surface area contributed by atoms with Crippen LogP contribution in [0, 0.1) is 5.92 Å². The van der Waals surface area contributed by atoms with Crippen LogP contribution in [-0.4, -0.2) is 38.0 Å². The average Bonchev–Trinajstić information content (AvgIpc) is 3.02. The molecule has 2 unspecified atom stereocenters. The summed E-state index contributed by atoms with van der Waals surface area (Å²) in [5.74, 6) is 0.866. The molecule has 2 saturated heterocycles. The Kier molecular flexibility index (Phi) is 2.95. The number of ether oxygens (including phenoxy) is 2. The quantitative estimate of drug-likeness (QED) is 0.764. The second-order valence-corrected chi connectivity index (χ2v) is 5.12. The Morgan fingerprint density at radius 3 is 2.40 bits per heavy atom. The fourth-order valence-electron chi connectivity index (χ4n) is 2.85. The monoisotopic (exact) mass is 211 g/mol. The smallest absolute Gasteiger partial charge is 0.0757 e. The maximum atomic E-state index is 5.84. The van der Waals surface area contributed by atoms with E-state index in [1.165, 1.54) is 32.1 Å². The van der Waals surface area contributed by atoms with Gasteiger partial charge in [-0.1, -0.05) is 0 Å². The van der Waals surface area contributed by atoms with Gasteiger partial charge in [0, 0.05) is 31.9 Å². The summed E-state index contributed by atoms with van der Waals surface area (Å²) in [6.45, 7) is 2.82. The summed E-state index contributed by atoms with van der Waals surface area (Å²) in [4.78, 5) is 0. The van der Waals surface area contributed by atoms with E-state index in [1.807, 2.05) is 0 Å². The van der Waals surface area contributed by atoms with Gasteiger partial charge in [-0.25, -0.2) is 0 Å². The first kappa shape index (κ1) is 10.1. The van der Waals surface area contributed by atoms with E-state index in [-0.39, 0.29) is 0 Å². The van der Waals surface area contributed by atoms with E-state index in [1.54, 1.807) is 0 Å². The number of rotatable bonds is 3. The fourth-order valence-corrected chi connectivity index (χ4v) is 2.85. The third-order valence-corrected chi connectivity index (χ3v) is 3.89. The van der Waals surface area contributed by atoms with Gasteiger partial charge in [-0.3, -0.25) is 0 Å². The van der Waals surface area contributed by atoms with Crippen LogP contribution in [0.2, 0.25) is 0 Å². The molecule has 1 N–H and O–H groups in total. The summed E-state index contributed by atoms with van der Waals surface area (Å²) in [6.07, 6.45) is 6.85. The lowest BCUT2D eigenvalue weighted by molar-refractivity contribution is 0.0566. The van der Waals surface area contributed by atoms with Crippen LogP contribution in [0.15, 0.2) is 0 Å². The Morgan fingerprint density at radius 2 is 1.67 bits per heavy atom. The van der Waals surface area contributed by atoms with Crippen molar-refractivity contribution in [3.63, 3.8) is 0 Å². The van der Waals surface area contributed by atoms with Crippen molar-refractivity contribution in [1.29, 1.82) is 0 Å². The predicted octanol–water partition coefficient (Wildman–Crippen LogP) is 1.32. The van der Waals surface area contributed by atoms with E-state index < -0.39 is 0 Å². The molecule has 0 bridgehead atoms. The highest BCUT2D eigenvalue weighted by atomic mass is 16.5. The van der Waals surface area contributed by atoms with Crippen molar-refractivity contribution in [2.24, 2.45) is 5.92 Å². The molecule has 0 spiro atoms. The molecule has 3 aliphatic rings. The van der Waals surface area contributed by atoms with Crippen LogP contribution in [0.4, 0.5) is 0 Å². The van der Waals surface area contributed by atoms with Crippen molar-refractivity contribution in [2.75, 3.05) is 19.8 Å². The Hall–Kier alpha value is -0.120. The molecule has 0 radical (unpaired) electrons. The first-order valence-corrected chi connectivity index (χ1v) is 6.39. The summed E-state index contributed by atoms with van der Waals surface area (Å²) in [7, 11) is 0. The molecule has 86 valence electrons. The van der Waals surface area contributed by atoms with E-state index in [9.17, 15) is 0 Å². The normalized spacial score (nSPS) is 38.4. The lowest BCUT2D eigenvalue weighted by Crippen LogP contribution is -2.46. The van der Waals surface area contributed by atoms with Crippen LogP contribution in [-0.2, 0) is 9.47 Å². The lowest BCUT2D eigenvalue weighted by atomic mass is 10.0. The fraction of sp³-hybridized carbons (Fsp3) is 1.00. The zero-order valence-electron chi connectivity index (χ0n) is 9.28. The maximum Gasteiger partial charge on any atom is 0.0757 e. The highest BCUT2D eigenvalue weighted by Crippen LogP contribution is 2.39. The third-order valence-electron chi connectivity index (χ3n) is 3.89. The topological polar surface area (TPSA) is 30.5 Å². The van der Waals surface area contributed by atoms with Crippen molar-refractivity contribution < 1.29 is 9.47 Å². The molecule has 3 heteroatoms. The van der Waals surface area contributed by atoms with Crippen LogP contribution in [0.5, 0.6) is 0 Å². The first-order chi connectivity index (χ1) is 7.43. The Bertz CT molecular complexity index is 212. The largest absolute Gasteiger partial charge is 0.381 e. The Labute approximate surface area is 91.5 Å². The molecule has 3 fully saturated rings. The van der Waals surface area contributed by atoms with Gasteiger partial charge in [0.15, 0.2) is 0 Å². The standard InChI is InChI=1S/C12H21NO2/c1-2-9(1)12-11(5-8-15-12)13-10-3-6-14-7-4-10/h9-13H,1-8H2. The summed E-state index contributed by atoms with van der Waals surface area (Å²) in [6, 6.07) is 1.30. The molecule has 3 rings (SSSR count). The van der Waals surface area contributed by atoms with Crippen LogP contribution in [0.3, 0.4) is 0 Å². The second-order valence-electron chi connectivity index (χ2n) is 5.12. The van der Waals surface area contributed by atoms with Gasteiger partial charge in [0.05, 0.1) is 6.10 Å². The summed E-state index contributed by atoms with van der Waals surface area (Å²) >= 11 is 0. The molecule has 3 nitrogen and oxygen atoms in total. The lowest BCUT2D eigenvalue weighted by Gasteiger charge is -2.28. The first-order valence-electron chi connectivity index (χ1n) is 6.39. The minimum atomic E-state index is 0.521. The zero-order valence-corrected chi connectivity index (χ0v) is 9.28. The molecule has 1 aliphatic carbocycles. The average molecular weight is 211 g/mol. The summed E-state index contributed by atoms with van der Waals surface area (Å²) in [5, 5.41) is 3.78. The number of hydrogen-bond acceptors (Lipinski definition) is 3. The van der Waals surface area contributed by atoms with Crippen molar-refractivity contribution in [1.82, 2.24) is 5.32 Å². The molecule has 2 heterocycles. The predicted molar refractivity (Wildman–Crippen MR) is 57.8 cm³/mol. The van der Waals surface area contributed by atoms with Crippen molar-refractivity contribution in [3.8, 4) is 0 Å². The molecule has 0 amide bonds. The van der Waals surface area contributed by atoms with Crippen molar-refractivity contribution in [2.45, 2.75) is 50.3 Å². The maximum absolute atomic E-state index is 5.84. The minimum Gasteiger partial charge on any atom is -0.381 e. The summed E-state index contributed by atoms with van der Waals surface area (Å²) in [5.41, 5.74) is 0. The Balaban J connectivity index is 1.52. The van der Waals surface area contributed by atoms with Crippen molar-refractivity contribution >= 4 is 0 Å². The number of hydrogen-bond donors (Lipinski definition) is 1. The highest BCUT2D eigenvalue weighted by molar-refractivity contribution is 4.94.